The summed E-state index contributed by atoms with van der Waals surface area (Å²) < 4.78 is 6.42. The molecule has 0 amide bonds. The molecule has 0 N–H and O–H groups in total. The molecule has 1 saturated heterocycles. The molecule has 12 aromatic carbocycles. The lowest BCUT2D eigenvalue weighted by Gasteiger charge is -2.43. The first-order valence-corrected chi connectivity index (χ1v) is 22.0. The Morgan fingerprint density at radius 2 is 1.44 bits per heavy atom. The van der Waals surface area contributed by atoms with Crippen molar-refractivity contribution in [3.63, 3.8) is 0 Å². The van der Waals surface area contributed by atoms with Crippen molar-refractivity contribution in [1.82, 2.24) is 4.90 Å². The van der Waals surface area contributed by atoms with Crippen LogP contribution in [0.25, 0.3) is 120 Å². The minimum Gasteiger partial charge on any atom is -0.489 e. The Hall–Kier alpha value is -6.22. The molecule has 1 heterocycles. The van der Waals surface area contributed by atoms with Gasteiger partial charge in [-0.3, -0.25) is 4.90 Å². The predicted octanol–water partition coefficient (Wildman–Crippen LogP) is 10.4. The van der Waals surface area contributed by atoms with Gasteiger partial charge in [-0.05, 0) is 202 Å². The molecule has 59 heavy (non-hydrogen) atoms. The smallest absolute Gasteiger partial charge is 0.119 e. The summed E-state index contributed by atoms with van der Waals surface area (Å²) in [6.07, 6.45) is 9.12. The fourth-order valence-electron chi connectivity index (χ4n) is 16.8. The van der Waals surface area contributed by atoms with E-state index in [4.69, 9.17) is 4.74 Å². The van der Waals surface area contributed by atoms with Crippen LogP contribution in [0.15, 0.2) is 73.3 Å². The molecule has 0 bridgehead atoms. The van der Waals surface area contributed by atoms with Crippen LogP contribution in [0.4, 0.5) is 0 Å². The number of hydrogen-bond acceptors (Lipinski definition) is 2. The van der Waals surface area contributed by atoms with Crippen LogP contribution in [0.3, 0.4) is 0 Å². The summed E-state index contributed by atoms with van der Waals surface area (Å²) in [6.45, 7) is 5.57. The van der Waals surface area contributed by atoms with Crippen molar-refractivity contribution in [3.8, 4) is 5.75 Å². The van der Waals surface area contributed by atoms with E-state index in [2.05, 4.69) is 91.3 Å². The van der Waals surface area contributed by atoms with E-state index in [1.165, 1.54) is 21.7 Å². The molecule has 1 fully saturated rings. The molecule has 1 spiro atoms. The SMILES string of the molecule is C=Cc1ccc(COc2ccc(C3N(C)CC4C5=c6c7c8c9c(cc%10cc%11c%12c%13c%14c%15c(cc%16c%17c(c6c6c7c7c9c%10c%12c7c%14c6c%17%15)=C(C5)C%16)=CC%13C%11)CC843)cc2)cc1. The van der Waals surface area contributed by atoms with Gasteiger partial charge in [-0.25, -0.2) is 0 Å². The Kier molecular flexibility index (Phi) is 3.92. The molecule has 4 atom stereocenters. The second-order valence-corrected chi connectivity index (χ2v) is 20.2. The fourth-order valence-corrected chi connectivity index (χ4v) is 16.8. The van der Waals surface area contributed by atoms with Crippen molar-refractivity contribution in [1.29, 1.82) is 0 Å². The van der Waals surface area contributed by atoms with Crippen molar-refractivity contribution in [2.75, 3.05) is 13.6 Å². The molecule has 1 aliphatic heterocycles. The van der Waals surface area contributed by atoms with E-state index in [9.17, 15) is 0 Å². The van der Waals surface area contributed by atoms with E-state index >= 15 is 0 Å². The van der Waals surface area contributed by atoms with Crippen LogP contribution in [0.5, 0.6) is 5.75 Å². The van der Waals surface area contributed by atoms with E-state index in [0.29, 0.717) is 18.4 Å². The predicted molar refractivity (Wildman–Crippen MR) is 243 cm³/mol. The third-order valence-electron chi connectivity index (χ3n) is 18.2. The lowest BCUT2D eigenvalue weighted by molar-refractivity contribution is 0.245. The second-order valence-electron chi connectivity index (χ2n) is 20.2. The number of ether oxygens (including phenoxy) is 1. The van der Waals surface area contributed by atoms with E-state index < -0.39 is 0 Å². The van der Waals surface area contributed by atoms with Gasteiger partial charge in [0.15, 0.2) is 0 Å². The van der Waals surface area contributed by atoms with E-state index in [-0.39, 0.29) is 11.5 Å². The van der Waals surface area contributed by atoms with E-state index in [1.807, 2.05) is 6.08 Å². The average molecular weight is 748 g/mol. The highest BCUT2D eigenvalue weighted by molar-refractivity contribution is 6.60. The monoisotopic (exact) mass is 747 g/mol. The highest BCUT2D eigenvalue weighted by Gasteiger charge is 2.62. The number of hydrogen-bond donors (Lipinski definition) is 0. The van der Waals surface area contributed by atoms with Crippen molar-refractivity contribution in [3.05, 3.63) is 133 Å². The van der Waals surface area contributed by atoms with E-state index in [1.54, 1.807) is 141 Å². The quantitative estimate of drug-likeness (QED) is 0.163. The van der Waals surface area contributed by atoms with Crippen molar-refractivity contribution < 1.29 is 4.74 Å². The van der Waals surface area contributed by atoms with Crippen LogP contribution >= 0.6 is 0 Å². The number of benzene rings is 9. The molecular formula is C57H33NO. The molecule has 2 nitrogen and oxygen atoms in total. The maximum atomic E-state index is 6.42. The van der Waals surface area contributed by atoms with Gasteiger partial charge in [0.1, 0.15) is 12.4 Å². The first-order valence-electron chi connectivity index (χ1n) is 22.0. The van der Waals surface area contributed by atoms with Gasteiger partial charge in [-0.2, -0.15) is 0 Å². The maximum absolute atomic E-state index is 6.42. The van der Waals surface area contributed by atoms with E-state index in [0.717, 1.165) is 43.5 Å². The van der Waals surface area contributed by atoms with Crippen LogP contribution in [-0.2, 0) is 31.3 Å². The molecule has 0 saturated carbocycles. The lowest BCUT2D eigenvalue weighted by Crippen LogP contribution is -2.43. The van der Waals surface area contributed by atoms with Gasteiger partial charge < -0.3 is 4.74 Å². The standard InChI is InChI=1S/C57H33NO/c1-3-22-4-6-23(7-5-22)21-59-32-10-8-24(9-11-32)56-57-19-31-17-29-15-26-12-25-13-28-14-27-16-30-18-33(34(57)20-58(56)2)42-47-38(30)37(27)44-39(28)43-35(25)36(26)45-40(29)46-41(31)55(57)54(42)53-51(46)49(45)48(43)50(44)52(47)53/h3-11,13-15,17,25,34,56H,1,12,16,18-21H2,2H3. The van der Waals surface area contributed by atoms with Crippen LogP contribution in [0, 0.1) is 5.92 Å². The Balaban J connectivity index is 0.970. The Morgan fingerprint density at radius 1 is 0.695 bits per heavy atom. The Bertz CT molecular complexity index is 4300. The van der Waals surface area contributed by atoms with Gasteiger partial charge in [-0.1, -0.05) is 84.5 Å². The normalized spacial score (nSPS) is 24.4. The molecule has 7 aliphatic rings. The first-order chi connectivity index (χ1) is 29.1. The van der Waals surface area contributed by atoms with Gasteiger partial charge in [0.05, 0.1) is 0 Å². The number of nitrogens with zero attached hydrogens (tertiary/aromatic N) is 1. The molecular weight excluding hydrogens is 715 g/mol. The molecule has 4 unspecified atom stereocenters. The van der Waals surface area contributed by atoms with Gasteiger partial charge in [0.2, 0.25) is 0 Å². The molecule has 272 valence electrons. The number of fused-ring (bicyclic) bond motifs is 1. The summed E-state index contributed by atoms with van der Waals surface area (Å²) in [5.74, 6) is 1.89. The average Bonchev–Trinajstić information content (AvgIpc) is 4.11. The van der Waals surface area contributed by atoms with Gasteiger partial charge in [-0.15, -0.1) is 0 Å². The number of likely N-dealkylation sites (tertiary alicyclic amines) is 1. The van der Waals surface area contributed by atoms with Crippen molar-refractivity contribution in [2.24, 2.45) is 5.92 Å². The summed E-state index contributed by atoms with van der Waals surface area (Å²) in [5.41, 5.74) is 15.4. The summed E-state index contributed by atoms with van der Waals surface area (Å²) in [7, 11) is 2.44. The van der Waals surface area contributed by atoms with Crippen LogP contribution in [0.2, 0.25) is 0 Å². The molecule has 0 radical (unpaired) electrons. The summed E-state index contributed by atoms with van der Waals surface area (Å²) in [6, 6.07) is 26.2. The van der Waals surface area contributed by atoms with Gasteiger partial charge in [0.25, 0.3) is 0 Å². The summed E-state index contributed by atoms with van der Waals surface area (Å²) in [4.78, 5) is 2.77. The maximum Gasteiger partial charge on any atom is 0.119 e. The topological polar surface area (TPSA) is 12.5 Å². The molecule has 2 heteroatoms. The molecule has 19 rings (SSSR count). The minimum absolute atomic E-state index is 0.0263. The second kappa shape index (κ2) is 8.18. The Morgan fingerprint density at radius 3 is 2.29 bits per heavy atom. The van der Waals surface area contributed by atoms with Crippen LogP contribution < -0.4 is 20.4 Å². The first kappa shape index (κ1) is 28.2. The number of rotatable bonds is 5. The third-order valence-corrected chi connectivity index (χ3v) is 18.2. The minimum atomic E-state index is -0.0263. The highest BCUT2D eigenvalue weighted by atomic mass is 16.5. The van der Waals surface area contributed by atoms with Crippen molar-refractivity contribution in [2.45, 2.75) is 49.7 Å². The van der Waals surface area contributed by atoms with Gasteiger partial charge >= 0.3 is 0 Å². The zero-order chi connectivity index (χ0) is 37.4. The molecule has 6 aliphatic carbocycles. The zero-order valence-corrected chi connectivity index (χ0v) is 32.5. The van der Waals surface area contributed by atoms with Crippen LogP contribution in [0.1, 0.15) is 62.9 Å². The Labute approximate surface area is 336 Å². The molecule has 0 aromatic heterocycles. The summed E-state index contributed by atoms with van der Waals surface area (Å²) in [5, 5.41) is 34.2. The fraction of sp³-hybridized carbons (Fsp3) is 0.193. The van der Waals surface area contributed by atoms with Crippen LogP contribution in [-0.4, -0.2) is 18.5 Å². The zero-order valence-electron chi connectivity index (χ0n) is 32.5. The third kappa shape index (κ3) is 2.47. The highest BCUT2D eigenvalue weighted by Crippen LogP contribution is 2.70. The van der Waals surface area contributed by atoms with Crippen molar-refractivity contribution >= 4 is 120 Å². The largest absolute Gasteiger partial charge is 0.489 e. The summed E-state index contributed by atoms with van der Waals surface area (Å²) >= 11 is 0. The lowest BCUT2D eigenvalue weighted by atomic mass is 9.60. The van der Waals surface area contributed by atoms with Gasteiger partial charge in [0, 0.05) is 29.8 Å². The number of likely N-dealkylation sites (N-methyl/N-ethyl adjacent to an activating group) is 1. The molecule has 12 aromatic rings.